The topological polar surface area (TPSA) is 64.4 Å². The fraction of sp³-hybridized carbons (Fsp3) is 0.273. The maximum absolute atomic E-state index is 13.0. The van der Waals surface area contributed by atoms with Gasteiger partial charge < -0.3 is 14.6 Å². The summed E-state index contributed by atoms with van der Waals surface area (Å²) in [6.07, 6.45) is 0.912. The van der Waals surface area contributed by atoms with Gasteiger partial charge in [-0.2, -0.15) is 0 Å². The van der Waals surface area contributed by atoms with Crippen molar-refractivity contribution in [1.29, 1.82) is 0 Å². The Labute approximate surface area is 168 Å². The molecule has 4 rings (SSSR count). The Kier molecular flexibility index (Phi) is 5.39. The van der Waals surface area contributed by atoms with E-state index in [1.165, 1.54) is 10.5 Å². The quantitative estimate of drug-likeness (QED) is 0.671. The monoisotopic (exact) mass is 394 g/mol. The largest absolute Gasteiger partial charge is 0.488 e. The van der Waals surface area contributed by atoms with Gasteiger partial charge in [0.05, 0.1) is 22.9 Å². The highest BCUT2D eigenvalue weighted by atomic mass is 32.2. The molecule has 0 saturated carbocycles. The molecule has 1 aromatic heterocycles. The molecule has 1 N–H and O–H groups in total. The Balaban J connectivity index is 1.51. The average Bonchev–Trinajstić information content (AvgIpc) is 3.04. The SMILES string of the molecule is Cc1noc(C)c1COc1ccccc1C(=O)N[C@@H]1CCSc2ccccc21. The highest BCUT2D eigenvalue weighted by Crippen LogP contribution is 2.36. The standard InChI is InChI=1S/C22H22N2O3S/c1-14-18(15(2)27-24-14)13-26-20-9-5-3-8-17(20)22(25)23-19-11-12-28-21-10-6-4-7-16(19)21/h3-10,19H,11-13H2,1-2H3,(H,23,25)/t19-/m1/s1. The number of nitrogens with one attached hydrogen (secondary N) is 1. The van der Waals surface area contributed by atoms with E-state index in [9.17, 15) is 4.79 Å². The smallest absolute Gasteiger partial charge is 0.255 e. The van der Waals surface area contributed by atoms with Gasteiger partial charge in [0, 0.05) is 10.6 Å². The minimum absolute atomic E-state index is 0.0144. The van der Waals surface area contributed by atoms with Gasteiger partial charge in [-0.05, 0) is 44.0 Å². The maximum atomic E-state index is 13.0. The van der Waals surface area contributed by atoms with E-state index >= 15 is 0 Å². The van der Waals surface area contributed by atoms with E-state index in [4.69, 9.17) is 9.26 Å². The van der Waals surface area contributed by atoms with Crippen molar-refractivity contribution in [2.75, 3.05) is 5.75 Å². The summed E-state index contributed by atoms with van der Waals surface area (Å²) in [5.74, 6) is 2.15. The molecule has 3 aromatic rings. The van der Waals surface area contributed by atoms with Crippen LogP contribution in [0.5, 0.6) is 5.75 Å². The van der Waals surface area contributed by atoms with Gasteiger partial charge in [0.1, 0.15) is 18.1 Å². The zero-order valence-electron chi connectivity index (χ0n) is 15.9. The van der Waals surface area contributed by atoms with Crippen LogP contribution in [0.4, 0.5) is 0 Å². The Morgan fingerprint density at radius 1 is 1.21 bits per heavy atom. The molecule has 0 unspecified atom stereocenters. The van der Waals surface area contributed by atoms with Crippen molar-refractivity contribution < 1.29 is 14.1 Å². The lowest BCUT2D eigenvalue weighted by Gasteiger charge is -2.26. The lowest BCUT2D eigenvalue weighted by atomic mass is 10.0. The fourth-order valence-electron chi connectivity index (χ4n) is 3.37. The van der Waals surface area contributed by atoms with Crippen molar-refractivity contribution in [3.63, 3.8) is 0 Å². The molecule has 0 radical (unpaired) electrons. The number of aromatic nitrogens is 1. The second-order valence-corrected chi connectivity index (χ2v) is 7.93. The Hall–Kier alpha value is -2.73. The number of rotatable bonds is 5. The van der Waals surface area contributed by atoms with Gasteiger partial charge >= 0.3 is 0 Å². The van der Waals surface area contributed by atoms with Gasteiger partial charge in [0.25, 0.3) is 5.91 Å². The summed E-state index contributed by atoms with van der Waals surface area (Å²) < 4.78 is 11.1. The Morgan fingerprint density at radius 2 is 2.00 bits per heavy atom. The van der Waals surface area contributed by atoms with E-state index in [1.807, 2.05) is 55.9 Å². The van der Waals surface area contributed by atoms with E-state index in [1.54, 1.807) is 6.07 Å². The van der Waals surface area contributed by atoms with Crippen molar-refractivity contribution in [3.05, 3.63) is 76.7 Å². The summed E-state index contributed by atoms with van der Waals surface area (Å²) in [7, 11) is 0. The Morgan fingerprint density at radius 3 is 2.82 bits per heavy atom. The maximum Gasteiger partial charge on any atom is 0.255 e. The normalized spacial score (nSPS) is 15.7. The lowest BCUT2D eigenvalue weighted by Crippen LogP contribution is -2.31. The number of hydrogen-bond donors (Lipinski definition) is 1. The summed E-state index contributed by atoms with van der Waals surface area (Å²) in [5.41, 5.74) is 3.43. The molecule has 5 nitrogen and oxygen atoms in total. The van der Waals surface area contributed by atoms with Crippen LogP contribution in [0.2, 0.25) is 0 Å². The number of ether oxygens (including phenoxy) is 1. The lowest BCUT2D eigenvalue weighted by molar-refractivity contribution is 0.0930. The van der Waals surface area contributed by atoms with Crippen LogP contribution in [0.15, 0.2) is 57.9 Å². The number of para-hydroxylation sites is 1. The first-order chi connectivity index (χ1) is 13.6. The van der Waals surface area contributed by atoms with E-state index in [0.29, 0.717) is 17.9 Å². The molecular weight excluding hydrogens is 372 g/mol. The molecule has 28 heavy (non-hydrogen) atoms. The number of carbonyl (C=O) groups excluding carboxylic acids is 1. The molecule has 1 atom stereocenters. The van der Waals surface area contributed by atoms with Gasteiger partial charge in [-0.1, -0.05) is 35.5 Å². The summed E-state index contributed by atoms with van der Waals surface area (Å²) in [5, 5.41) is 7.13. The van der Waals surface area contributed by atoms with Gasteiger partial charge in [-0.25, -0.2) is 0 Å². The number of thioether (sulfide) groups is 1. The molecule has 144 valence electrons. The molecular formula is C22H22N2O3S. The molecule has 2 aromatic carbocycles. The van der Waals surface area contributed by atoms with Crippen molar-refractivity contribution in [2.45, 2.75) is 37.8 Å². The molecule has 6 heteroatoms. The van der Waals surface area contributed by atoms with Gasteiger partial charge in [0.2, 0.25) is 0 Å². The second kappa shape index (κ2) is 8.10. The van der Waals surface area contributed by atoms with E-state index in [-0.39, 0.29) is 11.9 Å². The molecule has 2 heterocycles. The predicted molar refractivity (Wildman–Crippen MR) is 109 cm³/mol. The Bertz CT molecular complexity index is 979. The molecule has 1 aliphatic rings. The number of hydrogen-bond acceptors (Lipinski definition) is 5. The van der Waals surface area contributed by atoms with Crippen LogP contribution < -0.4 is 10.1 Å². The van der Waals surface area contributed by atoms with Crippen molar-refractivity contribution >= 4 is 17.7 Å². The highest BCUT2D eigenvalue weighted by molar-refractivity contribution is 7.99. The third-order valence-corrected chi connectivity index (χ3v) is 6.07. The fourth-order valence-corrected chi connectivity index (χ4v) is 4.49. The number of amides is 1. The first-order valence-electron chi connectivity index (χ1n) is 9.29. The van der Waals surface area contributed by atoms with Crippen LogP contribution in [0.3, 0.4) is 0 Å². The van der Waals surface area contributed by atoms with Gasteiger partial charge in [-0.15, -0.1) is 11.8 Å². The third-order valence-electron chi connectivity index (χ3n) is 4.95. The molecule has 1 amide bonds. The zero-order valence-corrected chi connectivity index (χ0v) is 16.7. The average molecular weight is 394 g/mol. The molecule has 0 spiro atoms. The predicted octanol–water partition coefficient (Wildman–Crippen LogP) is 4.84. The molecule has 0 aliphatic carbocycles. The number of aryl methyl sites for hydroxylation is 2. The van der Waals surface area contributed by atoms with E-state index in [2.05, 4.69) is 22.6 Å². The number of benzene rings is 2. The minimum Gasteiger partial charge on any atom is -0.488 e. The van der Waals surface area contributed by atoms with Crippen LogP contribution in [-0.4, -0.2) is 16.8 Å². The molecule has 0 saturated heterocycles. The number of fused-ring (bicyclic) bond motifs is 1. The van der Waals surface area contributed by atoms with E-state index in [0.717, 1.165) is 29.2 Å². The van der Waals surface area contributed by atoms with Gasteiger partial charge in [0.15, 0.2) is 0 Å². The zero-order chi connectivity index (χ0) is 19.5. The first-order valence-corrected chi connectivity index (χ1v) is 10.3. The van der Waals surface area contributed by atoms with Crippen LogP contribution >= 0.6 is 11.8 Å². The molecule has 1 aliphatic heterocycles. The van der Waals surface area contributed by atoms with Crippen molar-refractivity contribution in [1.82, 2.24) is 10.5 Å². The molecule has 0 bridgehead atoms. The highest BCUT2D eigenvalue weighted by Gasteiger charge is 2.23. The van der Waals surface area contributed by atoms with Crippen LogP contribution in [-0.2, 0) is 6.61 Å². The van der Waals surface area contributed by atoms with Crippen LogP contribution in [0.25, 0.3) is 0 Å². The third kappa shape index (κ3) is 3.78. The summed E-state index contributed by atoms with van der Waals surface area (Å²) in [6.45, 7) is 4.05. The second-order valence-electron chi connectivity index (χ2n) is 6.79. The van der Waals surface area contributed by atoms with E-state index < -0.39 is 0 Å². The summed E-state index contributed by atoms with van der Waals surface area (Å²) in [6, 6.07) is 15.6. The molecule has 0 fully saturated rings. The van der Waals surface area contributed by atoms with Gasteiger partial charge in [-0.3, -0.25) is 4.79 Å². The van der Waals surface area contributed by atoms with Crippen LogP contribution in [0.1, 0.15) is 45.4 Å². The minimum atomic E-state index is -0.124. The summed E-state index contributed by atoms with van der Waals surface area (Å²) in [4.78, 5) is 14.2. The van der Waals surface area contributed by atoms with Crippen LogP contribution in [0, 0.1) is 13.8 Å². The number of nitrogens with zero attached hydrogens (tertiary/aromatic N) is 1. The number of carbonyl (C=O) groups is 1. The van der Waals surface area contributed by atoms with Crippen molar-refractivity contribution in [3.8, 4) is 5.75 Å². The van der Waals surface area contributed by atoms with Crippen molar-refractivity contribution in [2.24, 2.45) is 0 Å². The summed E-state index contributed by atoms with van der Waals surface area (Å²) >= 11 is 1.84. The first kappa shape index (κ1) is 18.6.